The Hall–Kier alpha value is -1.44. The van der Waals surface area contributed by atoms with Gasteiger partial charge >= 0.3 is 0 Å². The highest BCUT2D eigenvalue weighted by Gasteiger charge is 2.46. The van der Waals surface area contributed by atoms with E-state index in [1.54, 1.807) is 12.3 Å². The maximum Gasteiger partial charge on any atom is 0.129 e. The van der Waals surface area contributed by atoms with Gasteiger partial charge < -0.3 is 10.6 Å². The minimum absolute atomic E-state index is 0. The van der Waals surface area contributed by atoms with Gasteiger partial charge in [0.25, 0.3) is 0 Å². The van der Waals surface area contributed by atoms with Gasteiger partial charge in [0, 0.05) is 31.0 Å². The van der Waals surface area contributed by atoms with Crippen molar-refractivity contribution in [2.75, 3.05) is 18.0 Å². The van der Waals surface area contributed by atoms with Gasteiger partial charge in [-0.1, -0.05) is 23.7 Å². The Morgan fingerprint density at radius 3 is 2.10 bits per heavy atom. The van der Waals surface area contributed by atoms with Crippen LogP contribution in [0.4, 0.5) is 5.82 Å². The van der Waals surface area contributed by atoms with Crippen molar-refractivity contribution in [2.45, 2.75) is 43.2 Å². The number of pyridine rings is 2. The number of nitrogens with two attached hydrogens (primary N) is 2. The summed E-state index contributed by atoms with van der Waals surface area (Å²) in [4.78, 5) is 11.0. The van der Waals surface area contributed by atoms with Crippen LogP contribution >= 0.6 is 24.0 Å². The Labute approximate surface area is 182 Å². The van der Waals surface area contributed by atoms with E-state index in [9.17, 15) is 0 Å². The van der Waals surface area contributed by atoms with E-state index in [4.69, 9.17) is 23.2 Å². The Balaban J connectivity index is 0.000000149. The summed E-state index contributed by atoms with van der Waals surface area (Å²) < 4.78 is 0. The van der Waals surface area contributed by atoms with Crippen molar-refractivity contribution in [3.8, 4) is 0 Å². The van der Waals surface area contributed by atoms with E-state index in [1.807, 2.05) is 12.3 Å². The summed E-state index contributed by atoms with van der Waals surface area (Å²) in [6, 6.07) is 8.06. The molecule has 2 aromatic rings. The number of anilines is 1. The van der Waals surface area contributed by atoms with Crippen LogP contribution in [-0.2, 0) is 11.1 Å². The lowest BCUT2D eigenvalue weighted by molar-refractivity contribution is 0.539. The molecule has 3 saturated carbocycles. The second-order valence-electron chi connectivity index (χ2n) is 8.82. The molecule has 0 spiro atoms. The summed E-state index contributed by atoms with van der Waals surface area (Å²) in [7, 11) is 0. The molecule has 0 aromatic carbocycles. The summed E-state index contributed by atoms with van der Waals surface area (Å²) >= 11 is 5.63. The zero-order valence-electron chi connectivity index (χ0n) is 16.4. The number of fused-ring (bicyclic) bond motifs is 1. The molecule has 6 nitrogen and oxygen atoms in total. The maximum absolute atomic E-state index is 5.93. The van der Waals surface area contributed by atoms with Crippen LogP contribution in [0.3, 0.4) is 0 Å². The largest absolute Gasteiger partial charge is 0.356 e. The molecule has 1 saturated heterocycles. The van der Waals surface area contributed by atoms with Crippen LogP contribution in [-0.4, -0.2) is 23.1 Å². The van der Waals surface area contributed by atoms with Crippen molar-refractivity contribution in [1.82, 2.24) is 15.4 Å². The fraction of sp³-hybridized carbons (Fsp3) is 0.524. The molecule has 0 amide bonds. The van der Waals surface area contributed by atoms with Crippen molar-refractivity contribution in [1.29, 1.82) is 0 Å². The number of aromatic nitrogens is 2. The normalized spacial score (nSPS) is 26.5. The van der Waals surface area contributed by atoms with E-state index >= 15 is 0 Å². The lowest BCUT2D eigenvalue weighted by atomic mass is 10.1. The molecule has 6 rings (SSSR count). The van der Waals surface area contributed by atoms with E-state index < -0.39 is 0 Å². The number of hydrogen-bond donors (Lipinski definition) is 3. The van der Waals surface area contributed by atoms with Gasteiger partial charge in [0.2, 0.25) is 0 Å². The molecule has 3 heterocycles. The minimum atomic E-state index is -0.0857. The Kier molecular flexibility index (Phi) is 5.51. The third kappa shape index (κ3) is 4.23. The first-order chi connectivity index (χ1) is 13.5. The van der Waals surface area contributed by atoms with Crippen molar-refractivity contribution in [2.24, 2.45) is 23.4 Å². The number of rotatable bonds is 4. The summed E-state index contributed by atoms with van der Waals surface area (Å²) in [5.41, 5.74) is 11.1. The molecule has 5 N–H and O–H groups in total. The second-order valence-corrected chi connectivity index (χ2v) is 9.21. The SMILES string of the molecule is Cl.NC1(c2ccc(Cl)nc2)CC1.NNC1(c2ccc(N3CC4CC4C3)nc2)CC1. The molecular formula is C21H28Cl2N6. The van der Waals surface area contributed by atoms with E-state index in [0.29, 0.717) is 5.15 Å². The Morgan fingerprint density at radius 2 is 1.62 bits per heavy atom. The van der Waals surface area contributed by atoms with Gasteiger partial charge in [-0.15, -0.1) is 12.4 Å². The number of hydrogen-bond acceptors (Lipinski definition) is 6. The molecule has 2 unspecified atom stereocenters. The summed E-state index contributed by atoms with van der Waals surface area (Å²) in [6.45, 7) is 2.41. The van der Waals surface area contributed by atoms with Crippen molar-refractivity contribution in [3.63, 3.8) is 0 Å². The van der Waals surface area contributed by atoms with Crippen molar-refractivity contribution < 1.29 is 0 Å². The monoisotopic (exact) mass is 434 g/mol. The topological polar surface area (TPSA) is 93.1 Å². The first-order valence-electron chi connectivity index (χ1n) is 10.1. The number of nitrogens with zero attached hydrogens (tertiary/aromatic N) is 3. The van der Waals surface area contributed by atoms with Crippen LogP contribution in [0.1, 0.15) is 43.2 Å². The lowest BCUT2D eigenvalue weighted by Gasteiger charge is -2.20. The fourth-order valence-corrected chi connectivity index (χ4v) is 4.29. The quantitative estimate of drug-likeness (QED) is 0.388. The van der Waals surface area contributed by atoms with Crippen LogP contribution in [0.2, 0.25) is 5.15 Å². The number of halogens is 2. The van der Waals surface area contributed by atoms with Crippen LogP contribution < -0.4 is 21.9 Å². The smallest absolute Gasteiger partial charge is 0.129 e. The van der Waals surface area contributed by atoms with Crippen molar-refractivity contribution >= 4 is 29.8 Å². The summed E-state index contributed by atoms with van der Waals surface area (Å²) in [5.74, 6) is 8.64. The molecule has 0 radical (unpaired) electrons. The standard InChI is InChI=1S/C13H18N4.C8H9ClN2.ClH/c14-16-13(3-4-13)11-1-2-12(15-6-11)17-7-9-5-10(9)8-17;9-7-2-1-6(5-11-7)8(10)3-4-8;/h1-2,6,9-10,16H,3-5,7-8,14H2;1-2,5H,3-4,10H2;1H. The summed E-state index contributed by atoms with van der Waals surface area (Å²) in [5, 5.41) is 0.526. The highest BCUT2D eigenvalue weighted by molar-refractivity contribution is 6.29. The van der Waals surface area contributed by atoms with E-state index in [1.165, 1.54) is 25.1 Å². The first-order valence-corrected chi connectivity index (χ1v) is 10.5. The Bertz CT molecular complexity index is 838. The highest BCUT2D eigenvalue weighted by atomic mass is 35.5. The van der Waals surface area contributed by atoms with Crippen molar-refractivity contribution in [3.05, 3.63) is 52.9 Å². The number of piperidine rings is 1. The Morgan fingerprint density at radius 1 is 0.966 bits per heavy atom. The van der Waals surface area contributed by atoms with E-state index in [2.05, 4.69) is 32.4 Å². The molecule has 29 heavy (non-hydrogen) atoms. The molecule has 8 heteroatoms. The lowest BCUT2D eigenvalue weighted by Crippen LogP contribution is -2.35. The van der Waals surface area contributed by atoms with Crippen LogP contribution in [0.5, 0.6) is 0 Å². The molecule has 4 aliphatic rings. The van der Waals surface area contributed by atoms with Gasteiger partial charge in [0.15, 0.2) is 0 Å². The van der Waals surface area contributed by atoms with E-state index in [0.717, 1.165) is 48.9 Å². The van der Waals surface area contributed by atoms with Crippen LogP contribution in [0.25, 0.3) is 0 Å². The van der Waals surface area contributed by atoms with Crippen LogP contribution in [0, 0.1) is 11.8 Å². The van der Waals surface area contributed by atoms with Crippen LogP contribution in [0.15, 0.2) is 36.7 Å². The molecular weight excluding hydrogens is 407 g/mol. The van der Waals surface area contributed by atoms with Gasteiger partial charge in [-0.2, -0.15) is 0 Å². The second kappa shape index (κ2) is 7.67. The van der Waals surface area contributed by atoms with E-state index in [-0.39, 0.29) is 23.5 Å². The average Bonchev–Trinajstić information content (AvgIpc) is 3.66. The zero-order valence-corrected chi connectivity index (χ0v) is 17.9. The molecule has 3 aliphatic carbocycles. The minimum Gasteiger partial charge on any atom is -0.356 e. The molecule has 4 fully saturated rings. The van der Waals surface area contributed by atoms with Gasteiger partial charge in [-0.3, -0.25) is 5.84 Å². The van der Waals surface area contributed by atoms with Gasteiger partial charge in [-0.05, 0) is 67.2 Å². The molecule has 0 bridgehead atoms. The number of hydrazine groups is 1. The third-order valence-corrected chi connectivity index (χ3v) is 6.94. The molecule has 156 valence electrons. The highest BCUT2D eigenvalue weighted by Crippen LogP contribution is 2.47. The molecule has 2 atom stereocenters. The number of nitrogens with one attached hydrogen (secondary N) is 1. The average molecular weight is 435 g/mol. The zero-order chi connectivity index (χ0) is 19.4. The fourth-order valence-electron chi connectivity index (χ4n) is 4.18. The summed E-state index contributed by atoms with van der Waals surface area (Å²) in [6.07, 6.45) is 9.57. The first kappa shape index (κ1) is 20.8. The maximum atomic E-state index is 5.93. The molecule has 1 aliphatic heterocycles. The third-order valence-electron chi connectivity index (χ3n) is 6.72. The van der Waals surface area contributed by atoms with Gasteiger partial charge in [0.05, 0.1) is 5.54 Å². The molecule has 2 aromatic heterocycles. The van der Waals surface area contributed by atoms with Gasteiger partial charge in [0.1, 0.15) is 11.0 Å². The van der Waals surface area contributed by atoms with Gasteiger partial charge in [-0.25, -0.2) is 15.4 Å². The predicted molar refractivity (Wildman–Crippen MR) is 118 cm³/mol. The predicted octanol–water partition coefficient (Wildman–Crippen LogP) is 3.09.